The van der Waals surface area contributed by atoms with E-state index in [0.29, 0.717) is 12.7 Å². The van der Waals surface area contributed by atoms with Crippen LogP contribution in [0, 0.1) is 18.5 Å². The first kappa shape index (κ1) is 13.6. The molecule has 5 heteroatoms. The average Bonchev–Trinajstić information content (AvgIpc) is 1.99. The van der Waals surface area contributed by atoms with Crippen LogP contribution in [0.25, 0.3) is 0 Å². The molecule has 56 valence electrons. The second-order valence-corrected chi connectivity index (χ2v) is 4.21. The van der Waals surface area contributed by atoms with Gasteiger partial charge in [-0.3, -0.25) is 0 Å². The Balaban J connectivity index is 0.00000121. The molecule has 12 heavy (non-hydrogen) atoms. The second kappa shape index (κ2) is 6.16. The monoisotopic (exact) mass is 409 g/mol. The molecule has 0 radical (unpaired) electrons. The van der Waals surface area contributed by atoms with E-state index in [9.17, 15) is 5.11 Å². The molecule has 2 nitrogen and oxygen atoms in total. The smallest absolute Gasteiger partial charge is 0.871 e. The molecule has 1 rings (SSSR count). The standard InChI is InChI=1S/C7H3I2NO.K/c8-5-1-4(3-10)2-6(9)7(5)11;/h1-2,11H;/q;+1/p-1. The summed E-state index contributed by atoms with van der Waals surface area (Å²) in [6.45, 7) is 0. The summed E-state index contributed by atoms with van der Waals surface area (Å²) in [7, 11) is 0. The Morgan fingerprint density at radius 3 is 2.00 bits per heavy atom. The van der Waals surface area contributed by atoms with Crippen LogP contribution < -0.4 is 56.5 Å². The fraction of sp³-hybridized carbons (Fsp3) is 0. The zero-order chi connectivity index (χ0) is 8.43. The topological polar surface area (TPSA) is 46.8 Å². The number of nitrogens with zero attached hydrogens (tertiary/aromatic N) is 1. The number of rotatable bonds is 0. The van der Waals surface area contributed by atoms with Gasteiger partial charge in [-0.05, 0) is 57.3 Å². The van der Waals surface area contributed by atoms with Crippen LogP contribution >= 0.6 is 45.2 Å². The third-order valence-corrected chi connectivity index (χ3v) is 2.73. The van der Waals surface area contributed by atoms with Crippen molar-refractivity contribution in [3.63, 3.8) is 0 Å². The molecule has 1 aromatic rings. The predicted molar refractivity (Wildman–Crippen MR) is 56.0 cm³/mol. The fourth-order valence-electron chi connectivity index (χ4n) is 0.624. The summed E-state index contributed by atoms with van der Waals surface area (Å²) in [5.41, 5.74) is 0.540. The van der Waals surface area contributed by atoms with Crippen molar-refractivity contribution in [2.24, 2.45) is 0 Å². The van der Waals surface area contributed by atoms with Crippen molar-refractivity contribution in [1.82, 2.24) is 0 Å². The SMILES string of the molecule is N#Cc1cc(I)c([O-])c(I)c1.[K+]. The molecule has 0 aromatic heterocycles. The Bertz CT molecular complexity index is 312. The molecule has 0 amide bonds. The molecule has 0 atom stereocenters. The van der Waals surface area contributed by atoms with Crippen LogP contribution in [0.3, 0.4) is 0 Å². The van der Waals surface area contributed by atoms with Gasteiger partial charge in [0, 0.05) is 7.14 Å². The van der Waals surface area contributed by atoms with E-state index in [-0.39, 0.29) is 57.1 Å². The zero-order valence-corrected chi connectivity index (χ0v) is 13.7. The first-order valence-electron chi connectivity index (χ1n) is 2.71. The Morgan fingerprint density at radius 2 is 1.67 bits per heavy atom. The molecule has 0 bridgehead atoms. The van der Waals surface area contributed by atoms with E-state index in [0.717, 1.165) is 0 Å². The van der Waals surface area contributed by atoms with Crippen LogP contribution in [-0.4, -0.2) is 0 Å². The summed E-state index contributed by atoms with van der Waals surface area (Å²) >= 11 is 3.86. The number of halogens is 2. The van der Waals surface area contributed by atoms with Crippen molar-refractivity contribution in [1.29, 1.82) is 5.26 Å². The van der Waals surface area contributed by atoms with Gasteiger partial charge in [0.25, 0.3) is 0 Å². The van der Waals surface area contributed by atoms with Gasteiger partial charge in [-0.15, -0.1) is 0 Å². The minimum Gasteiger partial charge on any atom is -0.871 e. The Morgan fingerprint density at radius 1 is 1.25 bits per heavy atom. The molecule has 0 N–H and O–H groups in total. The van der Waals surface area contributed by atoms with Gasteiger partial charge in [-0.25, -0.2) is 0 Å². The van der Waals surface area contributed by atoms with E-state index in [1.165, 1.54) is 0 Å². The number of benzene rings is 1. The Hall–Kier alpha value is 1.61. The van der Waals surface area contributed by atoms with Gasteiger partial charge in [0.1, 0.15) is 0 Å². The van der Waals surface area contributed by atoms with E-state index in [1.807, 2.05) is 51.3 Å². The molecule has 1 aromatic carbocycles. The van der Waals surface area contributed by atoms with Gasteiger partial charge in [-0.1, -0.05) is 5.75 Å². The van der Waals surface area contributed by atoms with Crippen molar-refractivity contribution < 1.29 is 56.5 Å². The van der Waals surface area contributed by atoms with Crippen LogP contribution in [0.2, 0.25) is 0 Å². The molecule has 0 heterocycles. The van der Waals surface area contributed by atoms with Gasteiger partial charge < -0.3 is 5.11 Å². The molecule has 0 spiro atoms. The number of nitriles is 1. The molecule has 0 aliphatic heterocycles. The van der Waals surface area contributed by atoms with E-state index >= 15 is 0 Å². The maximum Gasteiger partial charge on any atom is 1.00 e. The van der Waals surface area contributed by atoms with Gasteiger partial charge in [0.2, 0.25) is 0 Å². The van der Waals surface area contributed by atoms with Crippen LogP contribution in [0.5, 0.6) is 5.75 Å². The molecular formula is C7H2I2KNO. The molecule has 0 aliphatic carbocycles. The van der Waals surface area contributed by atoms with Crippen LogP contribution in [0.15, 0.2) is 12.1 Å². The summed E-state index contributed by atoms with van der Waals surface area (Å²) in [5, 5.41) is 19.6. The third kappa shape index (κ3) is 3.40. The molecule has 0 fully saturated rings. The minimum absolute atomic E-state index is 0. The molecule has 0 unspecified atom stereocenters. The summed E-state index contributed by atoms with van der Waals surface area (Å²) in [4.78, 5) is 0. The van der Waals surface area contributed by atoms with Crippen molar-refractivity contribution in [2.45, 2.75) is 0 Å². The van der Waals surface area contributed by atoms with Crippen molar-refractivity contribution >= 4 is 45.2 Å². The van der Waals surface area contributed by atoms with E-state index in [1.54, 1.807) is 12.1 Å². The summed E-state index contributed by atoms with van der Waals surface area (Å²) in [5.74, 6) is 0.00481. The van der Waals surface area contributed by atoms with Crippen molar-refractivity contribution in [2.75, 3.05) is 0 Å². The van der Waals surface area contributed by atoms with Gasteiger partial charge in [0.15, 0.2) is 0 Å². The quantitative estimate of drug-likeness (QED) is 0.402. The maximum atomic E-state index is 11.1. The average molecular weight is 409 g/mol. The minimum atomic E-state index is 0. The predicted octanol–water partition coefficient (Wildman–Crippen LogP) is -1.15. The second-order valence-electron chi connectivity index (χ2n) is 1.88. The maximum absolute atomic E-state index is 11.1. The van der Waals surface area contributed by atoms with Gasteiger partial charge in [-0.2, -0.15) is 5.26 Å². The molecule has 0 saturated heterocycles. The summed E-state index contributed by atoms with van der Waals surface area (Å²) < 4.78 is 1.21. The largest absolute Gasteiger partial charge is 1.00 e. The third-order valence-electron chi connectivity index (χ3n) is 1.13. The first-order valence-corrected chi connectivity index (χ1v) is 4.87. The Labute approximate surface area is 140 Å². The van der Waals surface area contributed by atoms with Crippen molar-refractivity contribution in [3.05, 3.63) is 24.8 Å². The van der Waals surface area contributed by atoms with Crippen LogP contribution in [0.1, 0.15) is 5.56 Å². The summed E-state index contributed by atoms with van der Waals surface area (Å²) in [6, 6.07) is 5.16. The first-order chi connectivity index (χ1) is 5.15. The van der Waals surface area contributed by atoms with Crippen molar-refractivity contribution in [3.8, 4) is 11.8 Å². The molecule has 0 saturated carbocycles. The normalized spacial score (nSPS) is 8.42. The van der Waals surface area contributed by atoms with E-state index in [4.69, 9.17) is 5.26 Å². The van der Waals surface area contributed by atoms with Gasteiger partial charge in [0.05, 0.1) is 11.6 Å². The molecular weight excluding hydrogens is 407 g/mol. The summed E-state index contributed by atoms with van der Waals surface area (Å²) in [6.07, 6.45) is 0. The molecule has 0 aliphatic rings. The zero-order valence-electron chi connectivity index (χ0n) is 6.27. The fourth-order valence-corrected chi connectivity index (χ4v) is 2.39. The van der Waals surface area contributed by atoms with E-state index in [2.05, 4.69) is 0 Å². The van der Waals surface area contributed by atoms with Crippen LogP contribution in [-0.2, 0) is 0 Å². The number of hydrogen-bond acceptors (Lipinski definition) is 2. The van der Waals surface area contributed by atoms with Gasteiger partial charge >= 0.3 is 51.4 Å². The Kier molecular flexibility index (Phi) is 6.98. The van der Waals surface area contributed by atoms with Crippen LogP contribution in [0.4, 0.5) is 0 Å². The number of hydrogen-bond donors (Lipinski definition) is 0. The van der Waals surface area contributed by atoms with E-state index < -0.39 is 0 Å².